The number of amides is 2. The molecule has 128 valence electrons. The Balaban J connectivity index is 1.83. The number of benzene rings is 2. The average Bonchev–Trinajstić information content (AvgIpc) is 3.16. The topological polar surface area (TPSA) is 103 Å². The van der Waals surface area contributed by atoms with Crippen molar-refractivity contribution in [3.63, 3.8) is 0 Å². The number of anilines is 1. The average molecular weight is 340 g/mol. The van der Waals surface area contributed by atoms with Crippen LogP contribution in [0.4, 0.5) is 10.5 Å². The van der Waals surface area contributed by atoms with Gasteiger partial charge in [0.2, 0.25) is 0 Å². The molecule has 0 bridgehead atoms. The number of ether oxygens (including phenoxy) is 2. The molecule has 8 heteroatoms. The van der Waals surface area contributed by atoms with Crippen LogP contribution < -0.4 is 20.3 Å². The van der Waals surface area contributed by atoms with Gasteiger partial charge in [0, 0.05) is 24.1 Å². The Bertz CT molecular complexity index is 863. The van der Waals surface area contributed by atoms with E-state index < -0.39 is 6.03 Å². The van der Waals surface area contributed by atoms with Gasteiger partial charge >= 0.3 is 6.03 Å². The van der Waals surface area contributed by atoms with Gasteiger partial charge in [-0.3, -0.25) is 5.21 Å². The van der Waals surface area contributed by atoms with Crippen LogP contribution in [0.2, 0.25) is 0 Å². The number of carbonyl (C=O) groups is 1. The fraction of sp³-hybridized carbons (Fsp3) is 0.0588. The van der Waals surface area contributed by atoms with Crippen molar-refractivity contribution in [2.24, 2.45) is 5.73 Å². The first kappa shape index (κ1) is 16.3. The maximum absolute atomic E-state index is 11.2. The smallest absolute Gasteiger partial charge is 0.343 e. The number of hydrogen-bond donors (Lipinski definition) is 2. The highest BCUT2D eigenvalue weighted by Crippen LogP contribution is 2.33. The van der Waals surface area contributed by atoms with Crippen LogP contribution in [0.5, 0.6) is 17.2 Å². The Kier molecular flexibility index (Phi) is 4.53. The monoisotopic (exact) mass is 340 g/mol. The molecule has 0 radical (unpaired) electrons. The molecule has 3 rings (SSSR count). The van der Waals surface area contributed by atoms with E-state index in [2.05, 4.69) is 4.98 Å². The van der Waals surface area contributed by atoms with E-state index in [-0.39, 0.29) is 11.4 Å². The predicted molar refractivity (Wildman–Crippen MR) is 90.5 cm³/mol. The third kappa shape index (κ3) is 3.54. The quantitative estimate of drug-likeness (QED) is 0.549. The summed E-state index contributed by atoms with van der Waals surface area (Å²) in [6.45, 7) is 0. The second-order valence-electron chi connectivity index (χ2n) is 5.05. The maximum atomic E-state index is 11.2. The predicted octanol–water partition coefficient (Wildman–Crippen LogP) is 2.95. The SMILES string of the molecule is COc1ccc(Oc2ccc(-n3ccnc3)cc2)cc1N(O)C(N)=O. The lowest BCUT2D eigenvalue weighted by Crippen LogP contribution is -2.32. The summed E-state index contributed by atoms with van der Waals surface area (Å²) in [5.41, 5.74) is 6.12. The number of hydrogen-bond acceptors (Lipinski definition) is 5. The normalized spacial score (nSPS) is 10.3. The molecular weight excluding hydrogens is 324 g/mol. The Morgan fingerprint density at radius 3 is 2.52 bits per heavy atom. The lowest BCUT2D eigenvalue weighted by atomic mass is 10.2. The highest BCUT2D eigenvalue weighted by atomic mass is 16.5. The number of nitrogens with zero attached hydrogens (tertiary/aromatic N) is 3. The van der Waals surface area contributed by atoms with Crippen LogP contribution in [0.3, 0.4) is 0 Å². The van der Waals surface area contributed by atoms with Crippen molar-refractivity contribution in [2.75, 3.05) is 12.2 Å². The minimum absolute atomic E-state index is 0.0857. The number of methoxy groups -OCH3 is 1. The zero-order valence-electron chi connectivity index (χ0n) is 13.4. The Morgan fingerprint density at radius 2 is 1.92 bits per heavy atom. The van der Waals surface area contributed by atoms with Crippen molar-refractivity contribution in [3.8, 4) is 22.9 Å². The number of nitrogens with two attached hydrogens (primary N) is 1. The standard InChI is InChI=1S/C17H16N4O4/c1-24-16-7-6-14(10-15(16)21(23)17(18)22)25-13-4-2-12(3-5-13)20-9-8-19-11-20/h2-11,23H,1H3,(H2,18,22). The van der Waals surface area contributed by atoms with E-state index in [0.717, 1.165) is 5.69 Å². The second-order valence-corrected chi connectivity index (χ2v) is 5.05. The molecule has 0 unspecified atom stereocenters. The Labute approximate surface area is 143 Å². The van der Waals surface area contributed by atoms with Crippen molar-refractivity contribution < 1.29 is 19.5 Å². The van der Waals surface area contributed by atoms with E-state index in [9.17, 15) is 10.0 Å². The van der Waals surface area contributed by atoms with E-state index in [4.69, 9.17) is 15.2 Å². The van der Waals surface area contributed by atoms with Crippen LogP contribution in [0.25, 0.3) is 5.69 Å². The minimum Gasteiger partial charge on any atom is -0.494 e. The number of rotatable bonds is 5. The van der Waals surface area contributed by atoms with E-state index in [0.29, 0.717) is 16.6 Å². The number of imidazole rings is 1. The Hall–Kier alpha value is -3.52. The van der Waals surface area contributed by atoms with Crippen molar-refractivity contribution >= 4 is 11.7 Å². The molecular formula is C17H16N4O4. The summed E-state index contributed by atoms with van der Waals surface area (Å²) in [5.74, 6) is 1.28. The van der Waals surface area contributed by atoms with Gasteiger partial charge in [-0.15, -0.1) is 0 Å². The first-order valence-corrected chi connectivity index (χ1v) is 7.31. The maximum Gasteiger partial charge on any atom is 0.343 e. The molecule has 0 aliphatic carbocycles. The number of urea groups is 1. The number of aromatic nitrogens is 2. The fourth-order valence-electron chi connectivity index (χ4n) is 2.25. The minimum atomic E-state index is -1.03. The largest absolute Gasteiger partial charge is 0.494 e. The van der Waals surface area contributed by atoms with Gasteiger partial charge in [-0.2, -0.15) is 5.06 Å². The molecule has 3 aromatic rings. The molecule has 1 aromatic heterocycles. The van der Waals surface area contributed by atoms with Crippen LogP contribution in [0.15, 0.2) is 61.2 Å². The third-order valence-corrected chi connectivity index (χ3v) is 3.46. The molecule has 0 fully saturated rings. The van der Waals surface area contributed by atoms with Gasteiger partial charge < -0.3 is 19.8 Å². The molecule has 0 spiro atoms. The molecule has 2 amide bonds. The molecule has 0 atom stereocenters. The van der Waals surface area contributed by atoms with Gasteiger partial charge in [-0.1, -0.05) is 0 Å². The summed E-state index contributed by atoms with van der Waals surface area (Å²) in [6, 6.07) is 11.0. The molecule has 8 nitrogen and oxygen atoms in total. The molecule has 3 N–H and O–H groups in total. The Morgan fingerprint density at radius 1 is 1.20 bits per heavy atom. The van der Waals surface area contributed by atoms with Crippen LogP contribution in [0, 0.1) is 0 Å². The highest BCUT2D eigenvalue weighted by Gasteiger charge is 2.16. The van der Waals surface area contributed by atoms with Gasteiger partial charge in [0.1, 0.15) is 22.9 Å². The van der Waals surface area contributed by atoms with Crippen molar-refractivity contribution in [1.29, 1.82) is 0 Å². The molecule has 0 aliphatic heterocycles. The van der Waals surface area contributed by atoms with E-state index in [1.165, 1.54) is 13.2 Å². The first-order valence-electron chi connectivity index (χ1n) is 7.31. The van der Waals surface area contributed by atoms with E-state index in [1.807, 2.05) is 22.9 Å². The summed E-state index contributed by atoms with van der Waals surface area (Å²) in [4.78, 5) is 15.2. The summed E-state index contributed by atoms with van der Waals surface area (Å²) < 4.78 is 12.7. The summed E-state index contributed by atoms with van der Waals surface area (Å²) in [6.07, 6.45) is 5.24. The van der Waals surface area contributed by atoms with Crippen LogP contribution in [0.1, 0.15) is 0 Å². The van der Waals surface area contributed by atoms with Crippen molar-refractivity contribution in [1.82, 2.24) is 9.55 Å². The zero-order chi connectivity index (χ0) is 17.8. The van der Waals surface area contributed by atoms with Crippen molar-refractivity contribution in [3.05, 3.63) is 61.2 Å². The lowest BCUT2D eigenvalue weighted by Gasteiger charge is -2.17. The summed E-state index contributed by atoms with van der Waals surface area (Å²) in [7, 11) is 1.42. The van der Waals surface area contributed by atoms with E-state index >= 15 is 0 Å². The first-order chi connectivity index (χ1) is 12.1. The summed E-state index contributed by atoms with van der Waals surface area (Å²) >= 11 is 0. The van der Waals surface area contributed by atoms with Gasteiger partial charge in [-0.05, 0) is 36.4 Å². The second kappa shape index (κ2) is 6.93. The third-order valence-electron chi connectivity index (χ3n) is 3.46. The van der Waals surface area contributed by atoms with Gasteiger partial charge in [0.15, 0.2) is 0 Å². The lowest BCUT2D eigenvalue weighted by molar-refractivity contribution is 0.211. The van der Waals surface area contributed by atoms with Gasteiger partial charge in [0.05, 0.1) is 13.4 Å². The molecule has 0 saturated heterocycles. The van der Waals surface area contributed by atoms with Crippen LogP contribution >= 0.6 is 0 Å². The van der Waals surface area contributed by atoms with Gasteiger partial charge in [0.25, 0.3) is 0 Å². The summed E-state index contributed by atoms with van der Waals surface area (Å²) in [5, 5.41) is 10.1. The van der Waals surface area contributed by atoms with Crippen LogP contribution in [-0.4, -0.2) is 27.9 Å². The van der Waals surface area contributed by atoms with Crippen LogP contribution in [-0.2, 0) is 0 Å². The number of carbonyl (C=O) groups excluding carboxylic acids is 1. The molecule has 0 saturated carbocycles. The fourth-order valence-corrected chi connectivity index (χ4v) is 2.25. The molecule has 0 aliphatic rings. The molecule has 1 heterocycles. The van der Waals surface area contributed by atoms with E-state index in [1.54, 1.807) is 36.8 Å². The molecule has 2 aromatic carbocycles. The van der Waals surface area contributed by atoms with Gasteiger partial charge in [-0.25, -0.2) is 9.78 Å². The highest BCUT2D eigenvalue weighted by molar-refractivity contribution is 5.90. The number of hydroxylamine groups is 1. The van der Waals surface area contributed by atoms with Crippen molar-refractivity contribution in [2.45, 2.75) is 0 Å². The zero-order valence-corrected chi connectivity index (χ0v) is 13.4. The molecule has 25 heavy (non-hydrogen) atoms. The number of primary amides is 1.